The third kappa shape index (κ3) is 4.68. The lowest BCUT2D eigenvalue weighted by molar-refractivity contribution is -0.116. The third-order valence-corrected chi connectivity index (χ3v) is 2.46. The summed E-state index contributed by atoms with van der Waals surface area (Å²) >= 11 is 3.32. The van der Waals surface area contributed by atoms with Crippen LogP contribution in [0.4, 0.5) is 5.82 Å². The maximum atomic E-state index is 11.1. The Kier molecular flexibility index (Phi) is 4.86. The standard InChI is InChI=1S/C11H17BrN4O/c1-7(2)5-16(6-10(13)17)11-4-9(12)14-8(3)15-11/h4,7H,5-6H2,1-3H3,(H2,13,17). The van der Waals surface area contributed by atoms with Crippen LogP contribution in [-0.4, -0.2) is 29.0 Å². The van der Waals surface area contributed by atoms with E-state index in [0.717, 1.165) is 12.4 Å². The Labute approximate surface area is 110 Å². The van der Waals surface area contributed by atoms with Crippen molar-refractivity contribution in [3.8, 4) is 0 Å². The number of carbonyl (C=O) groups excluding carboxylic acids is 1. The van der Waals surface area contributed by atoms with Crippen LogP contribution >= 0.6 is 15.9 Å². The number of aryl methyl sites for hydroxylation is 1. The molecule has 1 amide bonds. The van der Waals surface area contributed by atoms with Crippen molar-refractivity contribution in [2.45, 2.75) is 20.8 Å². The van der Waals surface area contributed by atoms with E-state index in [0.29, 0.717) is 16.3 Å². The van der Waals surface area contributed by atoms with E-state index in [-0.39, 0.29) is 12.5 Å². The molecule has 0 unspecified atom stereocenters. The highest BCUT2D eigenvalue weighted by atomic mass is 79.9. The topological polar surface area (TPSA) is 72.1 Å². The summed E-state index contributed by atoms with van der Waals surface area (Å²) in [5.74, 6) is 1.44. The molecule has 1 heterocycles. The number of hydrogen-bond donors (Lipinski definition) is 1. The summed E-state index contributed by atoms with van der Waals surface area (Å²) in [6, 6.07) is 1.79. The fraction of sp³-hybridized carbons (Fsp3) is 0.545. The van der Waals surface area contributed by atoms with Gasteiger partial charge in [0.2, 0.25) is 5.91 Å². The molecule has 1 aromatic rings. The van der Waals surface area contributed by atoms with E-state index in [1.54, 1.807) is 6.07 Å². The summed E-state index contributed by atoms with van der Waals surface area (Å²) < 4.78 is 0.707. The SMILES string of the molecule is Cc1nc(Br)cc(N(CC(N)=O)CC(C)C)n1. The molecule has 2 N–H and O–H groups in total. The summed E-state index contributed by atoms with van der Waals surface area (Å²) in [6.07, 6.45) is 0. The molecule has 1 aromatic heterocycles. The summed E-state index contributed by atoms with van der Waals surface area (Å²) in [7, 11) is 0. The van der Waals surface area contributed by atoms with Gasteiger partial charge in [0.05, 0.1) is 6.54 Å². The lowest BCUT2D eigenvalue weighted by Gasteiger charge is -2.24. The normalized spacial score (nSPS) is 10.6. The molecule has 0 spiro atoms. The number of hydrogen-bond acceptors (Lipinski definition) is 4. The first-order valence-electron chi connectivity index (χ1n) is 5.43. The van der Waals surface area contributed by atoms with E-state index in [1.165, 1.54) is 0 Å². The molecule has 6 heteroatoms. The molecule has 0 saturated carbocycles. The molecular formula is C11H17BrN4O. The maximum Gasteiger partial charge on any atom is 0.236 e. The van der Waals surface area contributed by atoms with E-state index < -0.39 is 0 Å². The highest BCUT2D eigenvalue weighted by Crippen LogP contribution is 2.17. The zero-order valence-corrected chi connectivity index (χ0v) is 11.9. The van der Waals surface area contributed by atoms with Crippen LogP contribution in [0.2, 0.25) is 0 Å². The molecule has 0 fully saturated rings. The van der Waals surface area contributed by atoms with Crippen molar-refractivity contribution in [3.63, 3.8) is 0 Å². The fourth-order valence-electron chi connectivity index (χ4n) is 1.55. The van der Waals surface area contributed by atoms with Crippen molar-refractivity contribution in [1.29, 1.82) is 0 Å². The Morgan fingerprint density at radius 2 is 2.18 bits per heavy atom. The van der Waals surface area contributed by atoms with E-state index in [1.807, 2.05) is 11.8 Å². The number of nitrogens with zero attached hydrogens (tertiary/aromatic N) is 3. The van der Waals surface area contributed by atoms with Crippen molar-refractivity contribution in [2.24, 2.45) is 11.7 Å². The van der Waals surface area contributed by atoms with Crippen LogP contribution < -0.4 is 10.6 Å². The molecule has 0 aliphatic carbocycles. The Balaban J connectivity index is 2.98. The lowest BCUT2D eigenvalue weighted by atomic mass is 10.2. The maximum absolute atomic E-state index is 11.1. The van der Waals surface area contributed by atoms with E-state index in [4.69, 9.17) is 5.73 Å². The number of aromatic nitrogens is 2. The van der Waals surface area contributed by atoms with E-state index in [9.17, 15) is 4.79 Å². The van der Waals surface area contributed by atoms with Crippen molar-refractivity contribution in [2.75, 3.05) is 18.0 Å². The molecule has 94 valence electrons. The Morgan fingerprint density at radius 3 is 2.65 bits per heavy atom. The zero-order chi connectivity index (χ0) is 13.0. The Morgan fingerprint density at radius 1 is 1.53 bits per heavy atom. The number of rotatable bonds is 5. The minimum atomic E-state index is -0.363. The van der Waals surface area contributed by atoms with Crippen molar-refractivity contribution < 1.29 is 4.79 Å². The predicted octanol–water partition coefficient (Wildman–Crippen LogP) is 1.50. The highest BCUT2D eigenvalue weighted by Gasteiger charge is 2.13. The number of nitrogens with two attached hydrogens (primary N) is 1. The molecule has 17 heavy (non-hydrogen) atoms. The Bertz CT molecular complexity index is 388. The minimum Gasteiger partial charge on any atom is -0.368 e. The van der Waals surface area contributed by atoms with Gasteiger partial charge < -0.3 is 10.6 Å². The summed E-state index contributed by atoms with van der Waals surface area (Å²) in [4.78, 5) is 21.4. The highest BCUT2D eigenvalue weighted by molar-refractivity contribution is 9.10. The van der Waals surface area contributed by atoms with Gasteiger partial charge in [-0.3, -0.25) is 4.79 Å². The molecular weight excluding hydrogens is 284 g/mol. The molecule has 0 saturated heterocycles. The van der Waals surface area contributed by atoms with Crippen molar-refractivity contribution >= 4 is 27.7 Å². The van der Waals surface area contributed by atoms with Gasteiger partial charge in [-0.2, -0.15) is 0 Å². The van der Waals surface area contributed by atoms with Crippen LogP contribution in [0.3, 0.4) is 0 Å². The fourth-order valence-corrected chi connectivity index (χ4v) is 2.01. The van der Waals surface area contributed by atoms with Gasteiger partial charge in [-0.15, -0.1) is 0 Å². The molecule has 0 aromatic carbocycles. The van der Waals surface area contributed by atoms with Crippen LogP contribution in [0.25, 0.3) is 0 Å². The number of anilines is 1. The average Bonchev–Trinajstić information content (AvgIpc) is 2.13. The monoisotopic (exact) mass is 300 g/mol. The van der Waals surface area contributed by atoms with Gasteiger partial charge in [-0.05, 0) is 28.8 Å². The van der Waals surface area contributed by atoms with Gasteiger partial charge in [0.15, 0.2) is 0 Å². The number of amides is 1. The number of carbonyl (C=O) groups is 1. The van der Waals surface area contributed by atoms with Gasteiger partial charge in [0.25, 0.3) is 0 Å². The van der Waals surface area contributed by atoms with Crippen LogP contribution in [0, 0.1) is 12.8 Å². The molecule has 0 radical (unpaired) electrons. The second-order valence-electron chi connectivity index (χ2n) is 4.34. The number of halogens is 1. The lowest BCUT2D eigenvalue weighted by Crippen LogP contribution is -2.37. The average molecular weight is 301 g/mol. The summed E-state index contributed by atoms with van der Waals surface area (Å²) in [5.41, 5.74) is 5.25. The summed E-state index contributed by atoms with van der Waals surface area (Å²) in [5, 5.41) is 0. The first-order chi connectivity index (χ1) is 7.88. The summed E-state index contributed by atoms with van der Waals surface area (Å²) in [6.45, 7) is 6.87. The van der Waals surface area contributed by atoms with Gasteiger partial charge in [0.1, 0.15) is 16.2 Å². The predicted molar refractivity (Wildman–Crippen MR) is 70.7 cm³/mol. The van der Waals surface area contributed by atoms with Gasteiger partial charge >= 0.3 is 0 Å². The Hall–Kier alpha value is -1.17. The van der Waals surface area contributed by atoms with Gasteiger partial charge in [-0.25, -0.2) is 9.97 Å². The molecule has 5 nitrogen and oxygen atoms in total. The van der Waals surface area contributed by atoms with Crippen LogP contribution in [0.15, 0.2) is 10.7 Å². The number of primary amides is 1. The second-order valence-corrected chi connectivity index (χ2v) is 5.15. The molecule has 0 aliphatic heterocycles. The first-order valence-corrected chi connectivity index (χ1v) is 6.22. The third-order valence-electron chi connectivity index (χ3n) is 2.05. The minimum absolute atomic E-state index is 0.168. The molecule has 1 rings (SSSR count). The smallest absolute Gasteiger partial charge is 0.236 e. The molecule has 0 atom stereocenters. The van der Waals surface area contributed by atoms with Crippen LogP contribution in [0.1, 0.15) is 19.7 Å². The second kappa shape index (κ2) is 5.95. The molecule has 0 aliphatic rings. The molecule has 0 bridgehead atoms. The van der Waals surface area contributed by atoms with E-state index in [2.05, 4.69) is 39.7 Å². The van der Waals surface area contributed by atoms with Crippen molar-refractivity contribution in [1.82, 2.24) is 9.97 Å². The van der Waals surface area contributed by atoms with Crippen LogP contribution in [0.5, 0.6) is 0 Å². The zero-order valence-electron chi connectivity index (χ0n) is 10.3. The van der Waals surface area contributed by atoms with Crippen molar-refractivity contribution in [3.05, 3.63) is 16.5 Å². The van der Waals surface area contributed by atoms with E-state index >= 15 is 0 Å². The van der Waals surface area contributed by atoms with Gasteiger partial charge in [-0.1, -0.05) is 13.8 Å². The largest absolute Gasteiger partial charge is 0.368 e. The van der Waals surface area contributed by atoms with Crippen LogP contribution in [-0.2, 0) is 4.79 Å². The first kappa shape index (κ1) is 13.9. The quantitative estimate of drug-likeness (QED) is 0.837. The van der Waals surface area contributed by atoms with Gasteiger partial charge in [0, 0.05) is 12.6 Å².